The van der Waals surface area contributed by atoms with Crippen LogP contribution in [0.3, 0.4) is 0 Å². The van der Waals surface area contributed by atoms with E-state index < -0.39 is 11.4 Å². The van der Waals surface area contributed by atoms with Gasteiger partial charge in [-0.2, -0.15) is 10.4 Å². The number of halogens is 1. The van der Waals surface area contributed by atoms with Gasteiger partial charge in [-0.05, 0) is 37.6 Å². The summed E-state index contributed by atoms with van der Waals surface area (Å²) in [7, 11) is 0. The molecule has 2 rings (SSSR count). The van der Waals surface area contributed by atoms with Crippen LogP contribution in [0.4, 0.5) is 15.8 Å². The number of benzene rings is 1. The summed E-state index contributed by atoms with van der Waals surface area (Å²) in [6.07, 6.45) is 0.607. The van der Waals surface area contributed by atoms with Gasteiger partial charge in [-0.15, -0.1) is 5.11 Å². The van der Waals surface area contributed by atoms with E-state index in [9.17, 15) is 19.6 Å². The molecule has 0 unspecified atom stereocenters. The standard InChI is InChI=1S/C16H15FN4O2/c1-3-8-21-15(22)13(9-18)10(2)14(16(21)23)20-19-12-6-4-11(17)5-7-12/h4-7,22H,3,8H2,1-2H3. The molecule has 0 amide bonds. The lowest BCUT2D eigenvalue weighted by Gasteiger charge is -2.11. The lowest BCUT2D eigenvalue weighted by atomic mass is 10.1. The molecule has 0 fully saturated rings. The van der Waals surface area contributed by atoms with Crippen molar-refractivity contribution in [2.45, 2.75) is 26.8 Å². The van der Waals surface area contributed by atoms with Gasteiger partial charge >= 0.3 is 0 Å². The normalized spacial score (nSPS) is 10.9. The molecule has 1 heterocycles. The number of aromatic hydroxyl groups is 1. The van der Waals surface area contributed by atoms with Crippen LogP contribution in [-0.4, -0.2) is 9.67 Å². The number of nitrogens with zero attached hydrogens (tertiary/aromatic N) is 4. The second-order valence-corrected chi connectivity index (χ2v) is 4.92. The quantitative estimate of drug-likeness (QED) is 0.872. The average molecular weight is 314 g/mol. The van der Waals surface area contributed by atoms with Crippen molar-refractivity contribution in [1.29, 1.82) is 5.26 Å². The Bertz CT molecular complexity index is 848. The van der Waals surface area contributed by atoms with E-state index in [-0.39, 0.29) is 29.2 Å². The molecule has 2 aromatic rings. The highest BCUT2D eigenvalue weighted by Crippen LogP contribution is 2.26. The first kappa shape index (κ1) is 16.4. The van der Waals surface area contributed by atoms with E-state index in [0.29, 0.717) is 12.1 Å². The van der Waals surface area contributed by atoms with Crippen molar-refractivity contribution >= 4 is 11.4 Å². The first-order chi connectivity index (χ1) is 11.0. The van der Waals surface area contributed by atoms with Crippen LogP contribution in [0.1, 0.15) is 24.5 Å². The molecule has 0 aliphatic heterocycles. The Hall–Kier alpha value is -3.01. The predicted molar refractivity (Wildman–Crippen MR) is 82.7 cm³/mol. The molecular weight excluding hydrogens is 299 g/mol. The topological polar surface area (TPSA) is 90.7 Å². The van der Waals surface area contributed by atoms with Gasteiger partial charge in [0, 0.05) is 12.1 Å². The molecule has 6 nitrogen and oxygen atoms in total. The van der Waals surface area contributed by atoms with Crippen LogP contribution in [0.25, 0.3) is 0 Å². The van der Waals surface area contributed by atoms with Gasteiger partial charge in [0.2, 0.25) is 5.88 Å². The summed E-state index contributed by atoms with van der Waals surface area (Å²) < 4.78 is 14.0. The summed E-state index contributed by atoms with van der Waals surface area (Å²) in [6, 6.07) is 7.18. The van der Waals surface area contributed by atoms with E-state index in [2.05, 4.69) is 10.2 Å². The molecule has 0 atom stereocenters. The lowest BCUT2D eigenvalue weighted by molar-refractivity contribution is 0.402. The molecule has 0 saturated heterocycles. The van der Waals surface area contributed by atoms with Crippen molar-refractivity contribution in [3.8, 4) is 11.9 Å². The van der Waals surface area contributed by atoms with Gasteiger partial charge in [0.1, 0.15) is 17.4 Å². The molecule has 0 saturated carbocycles. The fourth-order valence-electron chi connectivity index (χ4n) is 2.10. The van der Waals surface area contributed by atoms with Gasteiger partial charge in [0.15, 0.2) is 5.69 Å². The summed E-state index contributed by atoms with van der Waals surface area (Å²) in [5.41, 5.74) is 0.0852. The molecule has 1 aromatic carbocycles. The fraction of sp³-hybridized carbons (Fsp3) is 0.250. The molecule has 1 N–H and O–H groups in total. The van der Waals surface area contributed by atoms with E-state index in [4.69, 9.17) is 0 Å². The molecule has 1 aromatic heterocycles. The van der Waals surface area contributed by atoms with Crippen molar-refractivity contribution in [3.63, 3.8) is 0 Å². The van der Waals surface area contributed by atoms with Crippen molar-refractivity contribution in [1.82, 2.24) is 4.57 Å². The molecule has 0 aliphatic rings. The van der Waals surface area contributed by atoms with Crippen molar-refractivity contribution in [2.24, 2.45) is 10.2 Å². The first-order valence-corrected chi connectivity index (χ1v) is 7.03. The highest BCUT2D eigenvalue weighted by atomic mass is 19.1. The van der Waals surface area contributed by atoms with Gasteiger partial charge in [-0.25, -0.2) is 4.39 Å². The zero-order chi connectivity index (χ0) is 17.0. The Balaban J connectivity index is 2.58. The van der Waals surface area contributed by atoms with Crippen LogP contribution in [0, 0.1) is 24.1 Å². The minimum Gasteiger partial charge on any atom is -0.493 e. The average Bonchev–Trinajstić information content (AvgIpc) is 2.53. The maximum atomic E-state index is 12.9. The number of aromatic nitrogens is 1. The Kier molecular flexibility index (Phi) is 4.86. The molecule has 23 heavy (non-hydrogen) atoms. The van der Waals surface area contributed by atoms with Crippen molar-refractivity contribution in [2.75, 3.05) is 0 Å². The molecule has 0 spiro atoms. The summed E-state index contributed by atoms with van der Waals surface area (Å²) >= 11 is 0. The minimum absolute atomic E-state index is 0.00824. The van der Waals surface area contributed by atoms with Crippen LogP contribution < -0.4 is 5.56 Å². The Morgan fingerprint density at radius 1 is 1.30 bits per heavy atom. The van der Waals surface area contributed by atoms with Crippen molar-refractivity contribution < 1.29 is 9.50 Å². The third-order valence-corrected chi connectivity index (χ3v) is 3.31. The summed E-state index contributed by atoms with van der Waals surface area (Å²) in [4.78, 5) is 12.4. The second-order valence-electron chi connectivity index (χ2n) is 4.92. The smallest absolute Gasteiger partial charge is 0.281 e. The number of hydrogen-bond acceptors (Lipinski definition) is 5. The maximum Gasteiger partial charge on any atom is 0.281 e. The lowest BCUT2D eigenvalue weighted by Crippen LogP contribution is -2.21. The summed E-state index contributed by atoms with van der Waals surface area (Å²) in [6.45, 7) is 3.63. The highest BCUT2D eigenvalue weighted by molar-refractivity contribution is 5.56. The van der Waals surface area contributed by atoms with E-state index in [0.717, 1.165) is 4.57 Å². The van der Waals surface area contributed by atoms with E-state index >= 15 is 0 Å². The van der Waals surface area contributed by atoms with E-state index in [1.165, 1.54) is 31.2 Å². The Labute approximate surface area is 132 Å². The third-order valence-electron chi connectivity index (χ3n) is 3.31. The predicted octanol–water partition coefficient (Wildman–Crippen LogP) is 3.70. The number of rotatable bonds is 4. The zero-order valence-corrected chi connectivity index (χ0v) is 12.7. The van der Waals surface area contributed by atoms with Gasteiger partial charge < -0.3 is 5.11 Å². The Morgan fingerprint density at radius 2 is 1.96 bits per heavy atom. The van der Waals surface area contributed by atoms with Crippen LogP contribution >= 0.6 is 0 Å². The summed E-state index contributed by atoms with van der Waals surface area (Å²) in [5, 5.41) is 27.0. The van der Waals surface area contributed by atoms with Gasteiger partial charge in [0.05, 0.1) is 5.69 Å². The van der Waals surface area contributed by atoms with Crippen LogP contribution in [0.15, 0.2) is 39.3 Å². The van der Waals surface area contributed by atoms with E-state index in [1.54, 1.807) is 0 Å². The molecule has 0 radical (unpaired) electrons. The molecule has 0 bridgehead atoms. The molecule has 7 heteroatoms. The number of pyridine rings is 1. The Morgan fingerprint density at radius 3 is 2.52 bits per heavy atom. The largest absolute Gasteiger partial charge is 0.493 e. The van der Waals surface area contributed by atoms with Gasteiger partial charge in [0.25, 0.3) is 5.56 Å². The van der Waals surface area contributed by atoms with Gasteiger partial charge in [-0.3, -0.25) is 9.36 Å². The van der Waals surface area contributed by atoms with E-state index in [1.807, 2.05) is 13.0 Å². The zero-order valence-electron chi connectivity index (χ0n) is 12.7. The second kappa shape index (κ2) is 6.83. The van der Waals surface area contributed by atoms with Crippen LogP contribution in [-0.2, 0) is 6.54 Å². The molecule has 0 aliphatic carbocycles. The number of nitriles is 1. The van der Waals surface area contributed by atoms with Crippen molar-refractivity contribution in [3.05, 3.63) is 51.6 Å². The van der Waals surface area contributed by atoms with Crippen LogP contribution in [0.5, 0.6) is 5.88 Å². The third kappa shape index (κ3) is 3.26. The maximum absolute atomic E-state index is 12.9. The first-order valence-electron chi connectivity index (χ1n) is 7.03. The monoisotopic (exact) mass is 314 g/mol. The molecule has 118 valence electrons. The SMILES string of the molecule is CCCn1c(O)c(C#N)c(C)c(N=Nc2ccc(F)cc2)c1=O. The van der Waals surface area contributed by atoms with Crippen LogP contribution in [0.2, 0.25) is 0 Å². The number of azo groups is 1. The fourth-order valence-corrected chi connectivity index (χ4v) is 2.10. The van der Waals surface area contributed by atoms with Gasteiger partial charge in [-0.1, -0.05) is 6.92 Å². The minimum atomic E-state index is -0.522. The summed E-state index contributed by atoms with van der Waals surface area (Å²) in [5.74, 6) is -0.764. The highest BCUT2D eigenvalue weighted by Gasteiger charge is 2.18. The number of hydrogen-bond donors (Lipinski definition) is 1. The molecular formula is C16H15FN4O2.